The standard InChI is InChI=1S/C23H28ClNO3/c1-4-19(23(28)15(2)3)22(27)11-9-17(21-7-5-6-12-25-21)13-16-8-10-18(26)14-20(16)24/h4-8,10,12-15,19,22-23,26-28H,1,9,11H2,2-3H3/b17-13-/t19-,22-,23-/m1/s1. The van der Waals surface area contributed by atoms with Crippen LogP contribution in [0.2, 0.25) is 5.02 Å². The van der Waals surface area contributed by atoms with E-state index in [9.17, 15) is 15.3 Å². The van der Waals surface area contributed by atoms with E-state index in [-0.39, 0.29) is 11.7 Å². The van der Waals surface area contributed by atoms with Gasteiger partial charge in [-0.2, -0.15) is 0 Å². The maximum Gasteiger partial charge on any atom is 0.117 e. The maximum atomic E-state index is 10.6. The Morgan fingerprint density at radius 1 is 1.21 bits per heavy atom. The molecule has 150 valence electrons. The predicted molar refractivity (Wildman–Crippen MR) is 115 cm³/mol. The Morgan fingerprint density at radius 2 is 1.96 bits per heavy atom. The fourth-order valence-electron chi connectivity index (χ4n) is 3.11. The number of nitrogens with zero attached hydrogens (tertiary/aromatic N) is 1. The Balaban J connectivity index is 2.26. The molecule has 28 heavy (non-hydrogen) atoms. The number of halogens is 1. The average Bonchev–Trinajstić information content (AvgIpc) is 2.67. The summed E-state index contributed by atoms with van der Waals surface area (Å²) in [4.78, 5) is 4.42. The molecule has 1 heterocycles. The Labute approximate surface area is 171 Å². The number of aliphatic hydroxyl groups excluding tert-OH is 2. The lowest BCUT2D eigenvalue weighted by Gasteiger charge is -2.27. The summed E-state index contributed by atoms with van der Waals surface area (Å²) in [6.45, 7) is 7.60. The third-order valence-electron chi connectivity index (χ3n) is 4.81. The molecule has 0 fully saturated rings. The summed E-state index contributed by atoms with van der Waals surface area (Å²) in [5.41, 5.74) is 2.46. The minimum absolute atomic E-state index is 0.0271. The first-order valence-electron chi connectivity index (χ1n) is 9.42. The van der Waals surface area contributed by atoms with Gasteiger partial charge in [0.15, 0.2) is 0 Å². The number of hydrogen-bond donors (Lipinski definition) is 3. The monoisotopic (exact) mass is 401 g/mol. The fourth-order valence-corrected chi connectivity index (χ4v) is 3.34. The van der Waals surface area contributed by atoms with Gasteiger partial charge in [0, 0.05) is 12.1 Å². The molecule has 3 N–H and O–H groups in total. The molecule has 4 nitrogen and oxygen atoms in total. The number of aromatic hydroxyl groups is 1. The van der Waals surface area contributed by atoms with Crippen LogP contribution in [0, 0.1) is 11.8 Å². The largest absolute Gasteiger partial charge is 0.508 e. The van der Waals surface area contributed by atoms with Crippen LogP contribution in [0.25, 0.3) is 11.6 Å². The second-order valence-corrected chi connectivity index (χ2v) is 7.65. The lowest BCUT2D eigenvalue weighted by Crippen LogP contribution is -2.33. The smallest absolute Gasteiger partial charge is 0.117 e. The Morgan fingerprint density at radius 3 is 2.54 bits per heavy atom. The van der Waals surface area contributed by atoms with Crippen molar-refractivity contribution in [2.24, 2.45) is 11.8 Å². The maximum absolute atomic E-state index is 10.6. The SMILES string of the molecule is C=C[C@H]([C@H](O)CC/C(=C/c1ccc(O)cc1Cl)c1ccccn1)[C@H](O)C(C)C. The number of allylic oxidation sites excluding steroid dienone is 1. The van der Waals surface area contributed by atoms with Gasteiger partial charge in [-0.05, 0) is 66.3 Å². The highest BCUT2D eigenvalue weighted by atomic mass is 35.5. The number of aliphatic hydroxyl groups is 2. The molecule has 1 aromatic carbocycles. The van der Waals surface area contributed by atoms with Gasteiger partial charge in [0.05, 0.1) is 22.9 Å². The third kappa shape index (κ3) is 5.93. The van der Waals surface area contributed by atoms with Crippen LogP contribution in [-0.4, -0.2) is 32.5 Å². The average molecular weight is 402 g/mol. The summed E-state index contributed by atoms with van der Waals surface area (Å²) in [5, 5.41) is 31.0. The second kappa shape index (κ2) is 10.4. The summed E-state index contributed by atoms with van der Waals surface area (Å²) >= 11 is 6.25. The molecular formula is C23H28ClNO3. The first kappa shape index (κ1) is 22.2. The van der Waals surface area contributed by atoms with Crippen LogP contribution in [-0.2, 0) is 0 Å². The molecule has 3 atom stereocenters. The zero-order chi connectivity index (χ0) is 20.7. The molecule has 0 saturated carbocycles. The number of phenols is 1. The van der Waals surface area contributed by atoms with Crippen LogP contribution in [0.5, 0.6) is 5.75 Å². The summed E-state index contributed by atoms with van der Waals surface area (Å²) in [5.74, 6) is -0.269. The van der Waals surface area contributed by atoms with Gasteiger partial charge in [-0.1, -0.05) is 37.6 Å². The number of benzene rings is 1. The molecule has 0 bridgehead atoms. The summed E-state index contributed by atoms with van der Waals surface area (Å²) < 4.78 is 0. The van der Waals surface area contributed by atoms with Gasteiger partial charge in [0.2, 0.25) is 0 Å². The second-order valence-electron chi connectivity index (χ2n) is 7.24. The number of phenolic OH excluding ortho intramolecular Hbond substituents is 1. The lowest BCUT2D eigenvalue weighted by molar-refractivity contribution is 0.00938. The van der Waals surface area contributed by atoms with Crippen molar-refractivity contribution in [3.8, 4) is 5.75 Å². The predicted octanol–water partition coefficient (Wildman–Crippen LogP) is 4.94. The molecule has 1 aromatic heterocycles. The van der Waals surface area contributed by atoms with E-state index >= 15 is 0 Å². The van der Waals surface area contributed by atoms with E-state index < -0.39 is 18.1 Å². The van der Waals surface area contributed by atoms with Gasteiger partial charge < -0.3 is 15.3 Å². The van der Waals surface area contributed by atoms with Crippen molar-refractivity contribution >= 4 is 23.3 Å². The van der Waals surface area contributed by atoms with Gasteiger partial charge in [-0.25, -0.2) is 0 Å². The van der Waals surface area contributed by atoms with Gasteiger partial charge in [-0.3, -0.25) is 4.98 Å². The highest BCUT2D eigenvalue weighted by Crippen LogP contribution is 2.29. The highest BCUT2D eigenvalue weighted by Gasteiger charge is 2.26. The van der Waals surface area contributed by atoms with E-state index in [1.165, 1.54) is 6.07 Å². The minimum atomic E-state index is -0.725. The Hall–Kier alpha value is -2.14. The zero-order valence-electron chi connectivity index (χ0n) is 16.3. The van der Waals surface area contributed by atoms with Crippen molar-refractivity contribution < 1.29 is 15.3 Å². The van der Waals surface area contributed by atoms with Crippen LogP contribution in [0.3, 0.4) is 0 Å². The molecule has 0 unspecified atom stereocenters. The topological polar surface area (TPSA) is 73.6 Å². The molecule has 0 amide bonds. The van der Waals surface area contributed by atoms with Crippen molar-refractivity contribution in [3.63, 3.8) is 0 Å². The quantitative estimate of drug-likeness (QED) is 0.520. The molecule has 0 saturated heterocycles. The van der Waals surface area contributed by atoms with Crippen molar-refractivity contribution in [3.05, 3.63) is 71.5 Å². The number of pyridine rings is 1. The van der Waals surface area contributed by atoms with Crippen molar-refractivity contribution in [2.75, 3.05) is 0 Å². The van der Waals surface area contributed by atoms with Crippen molar-refractivity contribution in [2.45, 2.75) is 38.9 Å². The molecule has 5 heteroatoms. The minimum Gasteiger partial charge on any atom is -0.508 e. The highest BCUT2D eigenvalue weighted by molar-refractivity contribution is 6.32. The summed E-state index contributed by atoms with van der Waals surface area (Å²) in [6.07, 6.45) is 4.86. The number of rotatable bonds is 9. The Bertz CT molecular complexity index is 805. The number of aromatic nitrogens is 1. The lowest BCUT2D eigenvalue weighted by atomic mass is 9.86. The summed E-state index contributed by atoms with van der Waals surface area (Å²) in [6, 6.07) is 10.5. The molecule has 0 aliphatic heterocycles. The van der Waals surface area contributed by atoms with Crippen LogP contribution in [0.15, 0.2) is 55.3 Å². The fraction of sp³-hybridized carbons (Fsp3) is 0.348. The number of hydrogen-bond acceptors (Lipinski definition) is 4. The Kier molecular flexibility index (Phi) is 8.24. The van der Waals surface area contributed by atoms with E-state index in [4.69, 9.17) is 11.6 Å². The van der Waals surface area contributed by atoms with Gasteiger partial charge in [0.1, 0.15) is 5.75 Å². The van der Waals surface area contributed by atoms with Gasteiger partial charge in [-0.15, -0.1) is 6.58 Å². The molecule has 0 radical (unpaired) electrons. The van der Waals surface area contributed by atoms with Crippen LogP contribution < -0.4 is 0 Å². The first-order chi connectivity index (χ1) is 13.3. The molecule has 0 aliphatic carbocycles. The normalized spacial score (nSPS) is 15.3. The van der Waals surface area contributed by atoms with Crippen LogP contribution >= 0.6 is 11.6 Å². The molecule has 2 rings (SSSR count). The molecule has 0 spiro atoms. The van der Waals surface area contributed by atoms with E-state index in [1.54, 1.807) is 24.4 Å². The van der Waals surface area contributed by atoms with Crippen molar-refractivity contribution in [1.29, 1.82) is 0 Å². The first-order valence-corrected chi connectivity index (χ1v) is 9.80. The molecular weight excluding hydrogens is 374 g/mol. The van der Waals surface area contributed by atoms with Gasteiger partial charge in [0.25, 0.3) is 0 Å². The van der Waals surface area contributed by atoms with Crippen LogP contribution in [0.4, 0.5) is 0 Å². The van der Waals surface area contributed by atoms with E-state index in [1.807, 2.05) is 38.1 Å². The van der Waals surface area contributed by atoms with E-state index in [2.05, 4.69) is 11.6 Å². The van der Waals surface area contributed by atoms with Gasteiger partial charge >= 0.3 is 0 Å². The summed E-state index contributed by atoms with van der Waals surface area (Å²) in [7, 11) is 0. The molecule has 2 aromatic rings. The van der Waals surface area contributed by atoms with E-state index in [0.717, 1.165) is 16.8 Å². The van der Waals surface area contributed by atoms with Crippen molar-refractivity contribution in [1.82, 2.24) is 4.98 Å². The zero-order valence-corrected chi connectivity index (χ0v) is 17.0. The van der Waals surface area contributed by atoms with Crippen LogP contribution in [0.1, 0.15) is 37.9 Å². The third-order valence-corrected chi connectivity index (χ3v) is 5.14. The van der Waals surface area contributed by atoms with E-state index in [0.29, 0.717) is 17.9 Å². The molecule has 0 aliphatic rings.